The molecule has 22 heavy (non-hydrogen) atoms. The molecule has 0 bridgehead atoms. The van der Waals surface area contributed by atoms with Gasteiger partial charge in [-0.15, -0.1) is 0 Å². The number of carbonyl (C=O) groups excluding carboxylic acids is 2. The highest BCUT2D eigenvalue weighted by atomic mass is 16.2. The molecule has 0 spiro atoms. The van der Waals surface area contributed by atoms with Crippen LogP contribution in [-0.4, -0.2) is 49.4 Å². The first-order valence-electron chi connectivity index (χ1n) is 7.96. The average molecular weight is 303 g/mol. The summed E-state index contributed by atoms with van der Waals surface area (Å²) in [5, 5.41) is 5.99. The van der Waals surface area contributed by atoms with E-state index in [1.807, 2.05) is 36.1 Å². The number of rotatable bonds is 5. The van der Waals surface area contributed by atoms with E-state index in [4.69, 9.17) is 0 Å². The molecular formula is C17H25N3O2. The summed E-state index contributed by atoms with van der Waals surface area (Å²) in [6, 6.07) is 8.17. The summed E-state index contributed by atoms with van der Waals surface area (Å²) in [6.07, 6.45) is 2.08. The summed E-state index contributed by atoms with van der Waals surface area (Å²) in [6.45, 7) is 5.41. The maximum atomic E-state index is 12.1. The summed E-state index contributed by atoms with van der Waals surface area (Å²) >= 11 is 0. The molecule has 120 valence electrons. The molecule has 5 nitrogen and oxygen atoms in total. The quantitative estimate of drug-likeness (QED) is 0.848. The van der Waals surface area contributed by atoms with Gasteiger partial charge in [-0.1, -0.05) is 29.8 Å². The molecule has 0 aromatic heterocycles. The number of nitrogens with zero attached hydrogens (tertiary/aromatic N) is 1. The van der Waals surface area contributed by atoms with E-state index >= 15 is 0 Å². The summed E-state index contributed by atoms with van der Waals surface area (Å²) in [7, 11) is 0. The minimum Gasteiger partial charge on any atom is -0.347 e. The number of aryl methyl sites for hydroxylation is 2. The van der Waals surface area contributed by atoms with E-state index in [1.165, 1.54) is 5.56 Å². The zero-order chi connectivity index (χ0) is 15.8. The standard InChI is InChI=1S/C17H25N3O2/c1-14-3-5-15(6-4-14)7-8-16(21)19-13-17(22)20-11-2-9-18-10-12-20/h3-6,18H,2,7-13H2,1H3,(H,19,21). The zero-order valence-corrected chi connectivity index (χ0v) is 13.2. The summed E-state index contributed by atoms with van der Waals surface area (Å²) in [4.78, 5) is 25.7. The summed E-state index contributed by atoms with van der Waals surface area (Å²) < 4.78 is 0. The second kappa shape index (κ2) is 8.54. The van der Waals surface area contributed by atoms with Gasteiger partial charge in [0.2, 0.25) is 11.8 Å². The van der Waals surface area contributed by atoms with Gasteiger partial charge >= 0.3 is 0 Å². The molecule has 2 rings (SSSR count). The van der Waals surface area contributed by atoms with Crippen molar-refractivity contribution in [2.45, 2.75) is 26.2 Å². The third-order valence-electron chi connectivity index (χ3n) is 3.89. The van der Waals surface area contributed by atoms with E-state index in [0.717, 1.165) is 38.2 Å². The third kappa shape index (κ3) is 5.48. The molecule has 1 heterocycles. The Morgan fingerprint density at radius 2 is 1.95 bits per heavy atom. The van der Waals surface area contributed by atoms with Crippen LogP contribution in [0.2, 0.25) is 0 Å². The van der Waals surface area contributed by atoms with Crippen LogP contribution in [0, 0.1) is 6.92 Å². The molecule has 1 aromatic rings. The second-order valence-electron chi connectivity index (χ2n) is 5.75. The van der Waals surface area contributed by atoms with Gasteiger partial charge in [-0.2, -0.15) is 0 Å². The Morgan fingerprint density at radius 1 is 1.18 bits per heavy atom. The van der Waals surface area contributed by atoms with E-state index in [1.54, 1.807) is 0 Å². The van der Waals surface area contributed by atoms with Crippen molar-refractivity contribution in [2.75, 3.05) is 32.7 Å². The van der Waals surface area contributed by atoms with Gasteiger partial charge in [0.15, 0.2) is 0 Å². The third-order valence-corrected chi connectivity index (χ3v) is 3.89. The van der Waals surface area contributed by atoms with Crippen molar-refractivity contribution in [3.8, 4) is 0 Å². The Labute approximate surface area is 132 Å². The molecule has 0 atom stereocenters. The lowest BCUT2D eigenvalue weighted by atomic mass is 10.1. The second-order valence-corrected chi connectivity index (χ2v) is 5.75. The van der Waals surface area contributed by atoms with Gasteiger partial charge in [0.1, 0.15) is 0 Å². The molecule has 0 radical (unpaired) electrons. The van der Waals surface area contributed by atoms with Gasteiger partial charge in [-0.05, 0) is 31.9 Å². The Morgan fingerprint density at radius 3 is 2.73 bits per heavy atom. The number of amides is 2. The minimum atomic E-state index is -0.0677. The lowest BCUT2D eigenvalue weighted by Crippen LogP contribution is -2.41. The van der Waals surface area contributed by atoms with E-state index in [0.29, 0.717) is 12.8 Å². The fraction of sp³-hybridized carbons (Fsp3) is 0.529. The monoisotopic (exact) mass is 303 g/mol. The zero-order valence-electron chi connectivity index (χ0n) is 13.2. The Kier molecular flexibility index (Phi) is 6.40. The first kappa shape index (κ1) is 16.5. The molecule has 1 saturated heterocycles. The SMILES string of the molecule is Cc1ccc(CCC(=O)NCC(=O)N2CCCNCC2)cc1. The fourth-order valence-electron chi connectivity index (χ4n) is 2.48. The van der Waals surface area contributed by atoms with E-state index in [9.17, 15) is 9.59 Å². The van der Waals surface area contributed by atoms with E-state index in [2.05, 4.69) is 10.6 Å². The van der Waals surface area contributed by atoms with Crippen LogP contribution in [0.1, 0.15) is 24.0 Å². The maximum Gasteiger partial charge on any atom is 0.242 e. The van der Waals surface area contributed by atoms with Gasteiger partial charge < -0.3 is 15.5 Å². The Balaban J connectivity index is 1.68. The molecule has 0 aliphatic carbocycles. The van der Waals surface area contributed by atoms with Crippen LogP contribution in [0.5, 0.6) is 0 Å². The van der Waals surface area contributed by atoms with Crippen molar-refractivity contribution in [3.05, 3.63) is 35.4 Å². The van der Waals surface area contributed by atoms with Gasteiger partial charge in [0.25, 0.3) is 0 Å². The van der Waals surface area contributed by atoms with Gasteiger partial charge in [-0.3, -0.25) is 9.59 Å². The molecule has 1 aliphatic rings. The van der Waals surface area contributed by atoms with E-state index < -0.39 is 0 Å². The molecule has 1 aromatic carbocycles. The molecule has 5 heteroatoms. The van der Waals surface area contributed by atoms with Gasteiger partial charge in [0, 0.05) is 26.1 Å². The van der Waals surface area contributed by atoms with Crippen LogP contribution in [0.4, 0.5) is 0 Å². The van der Waals surface area contributed by atoms with Crippen molar-refractivity contribution in [2.24, 2.45) is 0 Å². The largest absolute Gasteiger partial charge is 0.347 e. The predicted molar refractivity (Wildman–Crippen MR) is 86.6 cm³/mol. The summed E-state index contributed by atoms with van der Waals surface area (Å²) in [5.74, 6) is -0.0609. The van der Waals surface area contributed by atoms with Crippen molar-refractivity contribution in [1.29, 1.82) is 0 Å². The molecule has 0 unspecified atom stereocenters. The van der Waals surface area contributed by atoms with Crippen LogP contribution < -0.4 is 10.6 Å². The lowest BCUT2D eigenvalue weighted by Gasteiger charge is -2.20. The summed E-state index contributed by atoms with van der Waals surface area (Å²) in [5.41, 5.74) is 2.36. The number of nitrogens with one attached hydrogen (secondary N) is 2. The normalized spacial score (nSPS) is 15.2. The molecule has 2 N–H and O–H groups in total. The maximum absolute atomic E-state index is 12.1. The molecule has 2 amide bonds. The smallest absolute Gasteiger partial charge is 0.242 e. The average Bonchev–Trinajstić information content (AvgIpc) is 2.81. The van der Waals surface area contributed by atoms with Crippen molar-refractivity contribution in [1.82, 2.24) is 15.5 Å². The van der Waals surface area contributed by atoms with Crippen LogP contribution in [0.25, 0.3) is 0 Å². The molecule has 1 fully saturated rings. The highest BCUT2D eigenvalue weighted by Gasteiger charge is 2.15. The van der Waals surface area contributed by atoms with Gasteiger partial charge in [-0.25, -0.2) is 0 Å². The van der Waals surface area contributed by atoms with Crippen LogP contribution in [0.3, 0.4) is 0 Å². The van der Waals surface area contributed by atoms with E-state index in [-0.39, 0.29) is 18.4 Å². The number of benzene rings is 1. The highest BCUT2D eigenvalue weighted by molar-refractivity contribution is 5.84. The van der Waals surface area contributed by atoms with Crippen LogP contribution in [-0.2, 0) is 16.0 Å². The topological polar surface area (TPSA) is 61.4 Å². The number of hydrogen-bond donors (Lipinski definition) is 2. The first-order chi connectivity index (χ1) is 10.6. The number of hydrogen-bond acceptors (Lipinski definition) is 3. The van der Waals surface area contributed by atoms with Gasteiger partial charge in [0.05, 0.1) is 6.54 Å². The van der Waals surface area contributed by atoms with Crippen molar-refractivity contribution >= 4 is 11.8 Å². The van der Waals surface area contributed by atoms with Crippen LogP contribution >= 0.6 is 0 Å². The molecule has 0 saturated carbocycles. The Bertz CT molecular complexity index is 491. The Hall–Kier alpha value is -1.88. The van der Waals surface area contributed by atoms with Crippen molar-refractivity contribution < 1.29 is 9.59 Å². The first-order valence-corrected chi connectivity index (χ1v) is 7.96. The van der Waals surface area contributed by atoms with Crippen molar-refractivity contribution in [3.63, 3.8) is 0 Å². The molecule has 1 aliphatic heterocycles. The fourth-order valence-corrected chi connectivity index (χ4v) is 2.48. The predicted octanol–water partition coefficient (Wildman–Crippen LogP) is 0.866. The number of carbonyl (C=O) groups is 2. The minimum absolute atomic E-state index is 0.00684. The highest BCUT2D eigenvalue weighted by Crippen LogP contribution is 2.05. The van der Waals surface area contributed by atoms with Crippen LogP contribution in [0.15, 0.2) is 24.3 Å². The lowest BCUT2D eigenvalue weighted by molar-refractivity contribution is -0.132. The molecular weight excluding hydrogens is 278 g/mol.